The molecule has 1 heterocycles. The second kappa shape index (κ2) is 4.11. The zero-order valence-electron chi connectivity index (χ0n) is 8.02. The van der Waals surface area contributed by atoms with Crippen molar-refractivity contribution < 1.29 is 18.3 Å². The fourth-order valence-electron chi connectivity index (χ4n) is 0.918. The first kappa shape index (κ1) is 12.5. The second-order valence-corrected chi connectivity index (χ2v) is 6.87. The molecule has 15 heavy (non-hydrogen) atoms. The maximum Gasteiger partial charge on any atom is 0.347 e. The smallest absolute Gasteiger partial charge is 0.347 e. The zero-order valence-corrected chi connectivity index (χ0v) is 10.4. The minimum absolute atomic E-state index is 0.0958. The largest absolute Gasteiger partial charge is 0.477 e. The normalized spacial score (nSPS) is 12.0. The molecule has 4 nitrogen and oxygen atoms in total. The highest BCUT2D eigenvalue weighted by Crippen LogP contribution is 2.33. The van der Waals surface area contributed by atoms with Gasteiger partial charge in [-0.25, -0.2) is 13.2 Å². The van der Waals surface area contributed by atoms with Gasteiger partial charge in [-0.15, -0.1) is 11.3 Å². The number of halogens is 1. The molecule has 0 aliphatic heterocycles. The van der Waals surface area contributed by atoms with Crippen LogP contribution in [0.15, 0.2) is 10.3 Å². The van der Waals surface area contributed by atoms with E-state index in [9.17, 15) is 13.2 Å². The summed E-state index contributed by atoms with van der Waals surface area (Å²) in [5.41, 5.74) is 0. The van der Waals surface area contributed by atoms with Crippen LogP contribution >= 0.6 is 22.9 Å². The fraction of sp³-hybridized carbons (Fsp3) is 0.375. The Kier molecular flexibility index (Phi) is 3.42. The molecular formula is C8H9ClO4S2. The summed E-state index contributed by atoms with van der Waals surface area (Å²) < 4.78 is 23.4. The van der Waals surface area contributed by atoms with Crippen molar-refractivity contribution in [3.63, 3.8) is 0 Å². The number of aromatic carboxylic acids is 1. The summed E-state index contributed by atoms with van der Waals surface area (Å²) >= 11 is 6.52. The van der Waals surface area contributed by atoms with E-state index in [4.69, 9.17) is 16.7 Å². The second-order valence-electron chi connectivity index (χ2n) is 3.14. The van der Waals surface area contributed by atoms with Gasteiger partial charge in [0.25, 0.3) is 0 Å². The van der Waals surface area contributed by atoms with Crippen LogP contribution in [-0.4, -0.2) is 24.7 Å². The third-order valence-electron chi connectivity index (χ3n) is 1.82. The van der Waals surface area contributed by atoms with Crippen molar-refractivity contribution in [1.29, 1.82) is 0 Å². The molecule has 0 radical (unpaired) electrons. The highest BCUT2D eigenvalue weighted by Gasteiger charge is 2.27. The minimum Gasteiger partial charge on any atom is -0.477 e. The topological polar surface area (TPSA) is 71.4 Å². The maximum absolute atomic E-state index is 11.7. The molecule has 0 saturated heterocycles. The van der Waals surface area contributed by atoms with Gasteiger partial charge in [0.05, 0.1) is 15.2 Å². The Hall–Kier alpha value is -0.590. The Morgan fingerprint density at radius 1 is 1.53 bits per heavy atom. The molecule has 0 unspecified atom stereocenters. The number of carbonyl (C=O) groups is 1. The van der Waals surface area contributed by atoms with Gasteiger partial charge < -0.3 is 5.11 Å². The number of carboxylic acid groups (broad SMARTS) is 1. The van der Waals surface area contributed by atoms with Crippen molar-refractivity contribution in [2.45, 2.75) is 24.0 Å². The molecule has 84 valence electrons. The van der Waals surface area contributed by atoms with E-state index in [1.807, 2.05) is 0 Å². The van der Waals surface area contributed by atoms with E-state index in [1.54, 1.807) is 0 Å². The fourth-order valence-corrected chi connectivity index (χ4v) is 3.84. The van der Waals surface area contributed by atoms with Gasteiger partial charge in [0.15, 0.2) is 9.84 Å². The Labute approximate surface area is 96.4 Å². The molecule has 0 atom stereocenters. The highest BCUT2D eigenvalue weighted by molar-refractivity contribution is 7.92. The molecule has 1 rings (SSSR count). The molecule has 0 fully saturated rings. The third-order valence-corrected chi connectivity index (χ3v) is 5.73. The number of rotatable bonds is 3. The number of carboxylic acids is 1. The number of hydrogen-bond acceptors (Lipinski definition) is 4. The van der Waals surface area contributed by atoms with Crippen LogP contribution in [0.25, 0.3) is 0 Å². The SMILES string of the molecule is CC(C)S(=O)(=O)c1csc(C(=O)O)c1Cl. The Morgan fingerprint density at radius 2 is 2.07 bits per heavy atom. The van der Waals surface area contributed by atoms with Crippen LogP contribution in [0.3, 0.4) is 0 Å². The van der Waals surface area contributed by atoms with Crippen molar-refractivity contribution in [2.75, 3.05) is 0 Å². The zero-order chi connectivity index (χ0) is 11.8. The molecule has 0 aliphatic rings. The van der Waals surface area contributed by atoms with E-state index in [0.29, 0.717) is 0 Å². The standard InChI is InChI=1S/C8H9ClO4S2/c1-4(2)15(12,13)5-3-14-7(6(5)9)8(10)11/h3-4H,1-2H3,(H,10,11). The molecule has 0 spiro atoms. The summed E-state index contributed by atoms with van der Waals surface area (Å²) in [6.07, 6.45) is 0. The molecule has 1 aromatic heterocycles. The van der Waals surface area contributed by atoms with Crippen LogP contribution in [0, 0.1) is 0 Å². The average molecular weight is 269 g/mol. The summed E-state index contributed by atoms with van der Waals surface area (Å²) in [4.78, 5) is 10.4. The van der Waals surface area contributed by atoms with Crippen molar-refractivity contribution >= 4 is 38.7 Å². The van der Waals surface area contributed by atoms with E-state index in [2.05, 4.69) is 0 Å². The van der Waals surface area contributed by atoms with Crippen LogP contribution in [0.1, 0.15) is 23.5 Å². The van der Waals surface area contributed by atoms with Crippen LogP contribution in [0.5, 0.6) is 0 Å². The van der Waals surface area contributed by atoms with E-state index >= 15 is 0 Å². The number of hydrogen-bond donors (Lipinski definition) is 1. The Balaban J connectivity index is 3.37. The van der Waals surface area contributed by atoms with Crippen LogP contribution in [-0.2, 0) is 9.84 Å². The summed E-state index contributed by atoms with van der Waals surface area (Å²) in [5, 5.41) is 9.17. The predicted octanol–water partition coefficient (Wildman–Crippen LogP) is 2.28. The monoisotopic (exact) mass is 268 g/mol. The predicted molar refractivity (Wildman–Crippen MR) is 58.6 cm³/mol. The molecule has 0 saturated carbocycles. The van der Waals surface area contributed by atoms with Crippen molar-refractivity contribution in [3.8, 4) is 0 Å². The minimum atomic E-state index is -3.51. The molecule has 0 aromatic carbocycles. The molecule has 1 aromatic rings. The van der Waals surface area contributed by atoms with Crippen LogP contribution < -0.4 is 0 Å². The average Bonchev–Trinajstić information content (AvgIpc) is 2.46. The lowest BCUT2D eigenvalue weighted by atomic mass is 10.5. The van der Waals surface area contributed by atoms with Gasteiger partial charge in [-0.3, -0.25) is 0 Å². The molecule has 7 heteroatoms. The lowest BCUT2D eigenvalue weighted by molar-refractivity contribution is 0.0702. The van der Waals surface area contributed by atoms with Gasteiger partial charge in [0.1, 0.15) is 4.88 Å². The summed E-state index contributed by atoms with van der Waals surface area (Å²) in [7, 11) is -3.51. The summed E-state index contributed by atoms with van der Waals surface area (Å²) in [6, 6.07) is 0. The van der Waals surface area contributed by atoms with E-state index in [1.165, 1.54) is 19.2 Å². The summed E-state index contributed by atoms with van der Waals surface area (Å²) in [5.74, 6) is -1.21. The lowest BCUT2D eigenvalue weighted by Gasteiger charge is -2.05. The molecule has 1 N–H and O–H groups in total. The number of sulfone groups is 1. The van der Waals surface area contributed by atoms with Gasteiger partial charge in [0, 0.05) is 5.38 Å². The first-order valence-electron chi connectivity index (χ1n) is 4.02. The first-order chi connectivity index (χ1) is 6.78. The van der Waals surface area contributed by atoms with Crippen molar-refractivity contribution in [3.05, 3.63) is 15.3 Å². The van der Waals surface area contributed by atoms with Crippen molar-refractivity contribution in [2.24, 2.45) is 0 Å². The van der Waals surface area contributed by atoms with E-state index in [-0.39, 0.29) is 14.8 Å². The van der Waals surface area contributed by atoms with Crippen molar-refractivity contribution in [1.82, 2.24) is 0 Å². The number of thiophene rings is 1. The first-order valence-corrected chi connectivity index (χ1v) is 6.83. The maximum atomic E-state index is 11.7. The Bertz CT molecular complexity index is 487. The highest BCUT2D eigenvalue weighted by atomic mass is 35.5. The van der Waals surface area contributed by atoms with Crippen LogP contribution in [0.4, 0.5) is 0 Å². The Morgan fingerprint density at radius 3 is 2.40 bits per heavy atom. The van der Waals surface area contributed by atoms with Gasteiger partial charge in [-0.1, -0.05) is 11.6 Å². The quantitative estimate of drug-likeness (QED) is 0.913. The third kappa shape index (κ3) is 2.16. The van der Waals surface area contributed by atoms with Gasteiger partial charge in [-0.2, -0.15) is 0 Å². The summed E-state index contributed by atoms with van der Waals surface area (Å²) in [6.45, 7) is 3.04. The van der Waals surface area contributed by atoms with E-state index < -0.39 is 21.1 Å². The van der Waals surface area contributed by atoms with Crippen LogP contribution in [0.2, 0.25) is 5.02 Å². The van der Waals surface area contributed by atoms with Gasteiger partial charge >= 0.3 is 5.97 Å². The molecule has 0 bridgehead atoms. The molecule has 0 amide bonds. The van der Waals surface area contributed by atoms with E-state index in [0.717, 1.165) is 11.3 Å². The molecular weight excluding hydrogens is 260 g/mol. The van der Waals surface area contributed by atoms with Gasteiger partial charge in [-0.05, 0) is 13.8 Å². The molecule has 0 aliphatic carbocycles. The van der Waals surface area contributed by atoms with Gasteiger partial charge in [0.2, 0.25) is 0 Å². The lowest BCUT2D eigenvalue weighted by Crippen LogP contribution is -2.13.